The lowest BCUT2D eigenvalue weighted by molar-refractivity contribution is 0.373. The van der Waals surface area contributed by atoms with E-state index in [9.17, 15) is 0 Å². The number of aromatic nitrogens is 4. The number of aryl methyl sites for hydroxylation is 1. The van der Waals surface area contributed by atoms with Crippen molar-refractivity contribution >= 4 is 23.4 Å². The van der Waals surface area contributed by atoms with Crippen molar-refractivity contribution in [2.45, 2.75) is 6.54 Å². The van der Waals surface area contributed by atoms with Gasteiger partial charge in [0.1, 0.15) is 5.02 Å². The van der Waals surface area contributed by atoms with Crippen molar-refractivity contribution in [3.8, 4) is 5.88 Å². The molecule has 96 valence electrons. The van der Waals surface area contributed by atoms with Crippen molar-refractivity contribution < 1.29 is 4.74 Å². The van der Waals surface area contributed by atoms with E-state index in [0.29, 0.717) is 23.3 Å². The number of hydrogen-bond acceptors (Lipinski definition) is 6. The molecule has 0 atom stereocenters. The molecule has 8 heteroatoms. The summed E-state index contributed by atoms with van der Waals surface area (Å²) < 4.78 is 6.77. The first-order chi connectivity index (χ1) is 8.60. The monoisotopic (exact) mass is 268 g/mol. The second-order valence-corrected chi connectivity index (χ2v) is 3.99. The standard InChI is InChI=1S/C10H13ClN6O/c1-17-8(18-2)3-6(16-17)4-13-9-7(11)5-14-10(12)15-9/h3,5H,4H2,1-2H3,(H3,12,13,14,15). The lowest BCUT2D eigenvalue weighted by atomic mass is 10.4. The van der Waals surface area contributed by atoms with Crippen LogP contribution in [0, 0.1) is 0 Å². The number of halogens is 1. The van der Waals surface area contributed by atoms with E-state index in [1.165, 1.54) is 6.20 Å². The van der Waals surface area contributed by atoms with Crippen LogP contribution in [0.15, 0.2) is 12.3 Å². The molecule has 2 aromatic rings. The van der Waals surface area contributed by atoms with Crippen molar-refractivity contribution in [1.82, 2.24) is 19.7 Å². The summed E-state index contributed by atoms with van der Waals surface area (Å²) in [5, 5.41) is 7.71. The molecular weight excluding hydrogens is 256 g/mol. The normalized spacial score (nSPS) is 10.4. The summed E-state index contributed by atoms with van der Waals surface area (Å²) in [6, 6.07) is 1.82. The van der Waals surface area contributed by atoms with Gasteiger partial charge < -0.3 is 15.8 Å². The first-order valence-electron chi connectivity index (χ1n) is 5.19. The van der Waals surface area contributed by atoms with Crippen LogP contribution in [0.2, 0.25) is 5.02 Å². The summed E-state index contributed by atoms with van der Waals surface area (Å²) >= 11 is 5.93. The molecule has 2 rings (SSSR count). The molecule has 0 aliphatic heterocycles. The third-order valence-corrected chi connectivity index (χ3v) is 2.57. The Hall–Kier alpha value is -2.02. The lowest BCUT2D eigenvalue weighted by Gasteiger charge is -2.05. The summed E-state index contributed by atoms with van der Waals surface area (Å²) in [4.78, 5) is 7.78. The first-order valence-corrected chi connectivity index (χ1v) is 5.56. The van der Waals surface area contributed by atoms with Crippen LogP contribution in [0.25, 0.3) is 0 Å². The summed E-state index contributed by atoms with van der Waals surface area (Å²) in [5.74, 6) is 1.33. The van der Waals surface area contributed by atoms with Gasteiger partial charge >= 0.3 is 0 Å². The van der Waals surface area contributed by atoms with E-state index in [-0.39, 0.29) is 5.95 Å². The van der Waals surface area contributed by atoms with Gasteiger partial charge in [-0.3, -0.25) is 0 Å². The number of nitrogens with two attached hydrogens (primary N) is 1. The fraction of sp³-hybridized carbons (Fsp3) is 0.300. The van der Waals surface area contributed by atoms with E-state index in [0.717, 1.165) is 5.69 Å². The molecule has 18 heavy (non-hydrogen) atoms. The molecule has 0 fully saturated rings. The third kappa shape index (κ3) is 2.62. The molecule has 0 radical (unpaired) electrons. The fourth-order valence-electron chi connectivity index (χ4n) is 1.46. The van der Waals surface area contributed by atoms with Gasteiger partial charge in [0.25, 0.3) is 0 Å². The Labute approximate surface area is 109 Å². The second kappa shape index (κ2) is 5.09. The van der Waals surface area contributed by atoms with Gasteiger partial charge in [0.15, 0.2) is 5.82 Å². The highest BCUT2D eigenvalue weighted by molar-refractivity contribution is 6.32. The van der Waals surface area contributed by atoms with E-state index < -0.39 is 0 Å². The molecule has 2 aromatic heterocycles. The van der Waals surface area contributed by atoms with Gasteiger partial charge in [-0.2, -0.15) is 10.1 Å². The molecule has 0 aliphatic rings. The van der Waals surface area contributed by atoms with Crippen molar-refractivity contribution in [2.24, 2.45) is 7.05 Å². The van der Waals surface area contributed by atoms with Crippen LogP contribution in [0.3, 0.4) is 0 Å². The Morgan fingerprint density at radius 2 is 2.33 bits per heavy atom. The molecule has 0 saturated heterocycles. The molecule has 0 saturated carbocycles. The Morgan fingerprint density at radius 3 is 3.00 bits per heavy atom. The minimum Gasteiger partial charge on any atom is -0.481 e. The Bertz CT molecular complexity index is 555. The molecule has 0 unspecified atom stereocenters. The van der Waals surface area contributed by atoms with E-state index >= 15 is 0 Å². The molecule has 2 heterocycles. The zero-order valence-electron chi connectivity index (χ0n) is 10.0. The number of hydrogen-bond donors (Lipinski definition) is 2. The minimum atomic E-state index is 0.167. The van der Waals surface area contributed by atoms with E-state index in [2.05, 4.69) is 20.4 Å². The molecule has 0 amide bonds. The highest BCUT2D eigenvalue weighted by atomic mass is 35.5. The van der Waals surface area contributed by atoms with E-state index in [4.69, 9.17) is 22.1 Å². The zero-order chi connectivity index (χ0) is 13.1. The predicted octanol–water partition coefficient (Wildman–Crippen LogP) is 1.07. The quantitative estimate of drug-likeness (QED) is 0.862. The van der Waals surface area contributed by atoms with E-state index in [1.54, 1.807) is 18.8 Å². The topological polar surface area (TPSA) is 90.9 Å². The molecular formula is C10H13ClN6O. The highest BCUT2D eigenvalue weighted by Gasteiger charge is 2.07. The number of anilines is 2. The number of nitrogens with one attached hydrogen (secondary N) is 1. The molecule has 0 aromatic carbocycles. The van der Waals surface area contributed by atoms with E-state index in [1.807, 2.05) is 6.07 Å². The maximum absolute atomic E-state index is 5.93. The van der Waals surface area contributed by atoms with Gasteiger partial charge in [-0.25, -0.2) is 9.67 Å². The van der Waals surface area contributed by atoms with Crippen molar-refractivity contribution in [3.63, 3.8) is 0 Å². The number of rotatable bonds is 4. The van der Waals surface area contributed by atoms with Crippen molar-refractivity contribution in [1.29, 1.82) is 0 Å². The average molecular weight is 269 g/mol. The summed E-state index contributed by atoms with van der Waals surface area (Å²) in [6.07, 6.45) is 1.45. The maximum Gasteiger partial charge on any atom is 0.222 e. The van der Waals surface area contributed by atoms with Gasteiger partial charge in [-0.1, -0.05) is 11.6 Å². The van der Waals surface area contributed by atoms with Crippen LogP contribution >= 0.6 is 11.6 Å². The van der Waals surface area contributed by atoms with Crippen molar-refractivity contribution in [3.05, 3.63) is 23.0 Å². The number of nitrogens with zero attached hydrogens (tertiary/aromatic N) is 4. The molecule has 0 bridgehead atoms. The van der Waals surface area contributed by atoms with Gasteiger partial charge in [0, 0.05) is 13.1 Å². The largest absolute Gasteiger partial charge is 0.481 e. The molecule has 3 N–H and O–H groups in total. The van der Waals surface area contributed by atoms with Crippen LogP contribution in [-0.4, -0.2) is 26.9 Å². The van der Waals surface area contributed by atoms with Gasteiger partial charge in [0.05, 0.1) is 25.5 Å². The van der Waals surface area contributed by atoms with Crippen LogP contribution < -0.4 is 15.8 Å². The fourth-order valence-corrected chi connectivity index (χ4v) is 1.62. The van der Waals surface area contributed by atoms with Crippen LogP contribution in [0.4, 0.5) is 11.8 Å². The summed E-state index contributed by atoms with van der Waals surface area (Å²) in [6.45, 7) is 0.466. The molecule has 0 spiro atoms. The van der Waals surface area contributed by atoms with Gasteiger partial charge in [-0.15, -0.1) is 0 Å². The number of ether oxygens (including phenoxy) is 1. The maximum atomic E-state index is 5.93. The van der Waals surface area contributed by atoms with Gasteiger partial charge in [-0.05, 0) is 0 Å². The van der Waals surface area contributed by atoms with Gasteiger partial charge in [0.2, 0.25) is 11.8 Å². The first kappa shape index (κ1) is 12.4. The van der Waals surface area contributed by atoms with Crippen LogP contribution in [0.1, 0.15) is 5.69 Å². The summed E-state index contributed by atoms with van der Waals surface area (Å²) in [7, 11) is 3.40. The lowest BCUT2D eigenvalue weighted by Crippen LogP contribution is -2.05. The molecule has 0 aliphatic carbocycles. The predicted molar refractivity (Wildman–Crippen MR) is 68.5 cm³/mol. The summed E-state index contributed by atoms with van der Waals surface area (Å²) in [5.41, 5.74) is 6.29. The highest BCUT2D eigenvalue weighted by Crippen LogP contribution is 2.19. The SMILES string of the molecule is COc1cc(CNc2nc(N)ncc2Cl)nn1C. The number of methoxy groups -OCH3 is 1. The third-order valence-electron chi connectivity index (χ3n) is 2.30. The smallest absolute Gasteiger partial charge is 0.222 e. The van der Waals surface area contributed by atoms with Crippen molar-refractivity contribution in [2.75, 3.05) is 18.2 Å². The Kier molecular flexibility index (Phi) is 3.52. The Balaban J connectivity index is 2.08. The zero-order valence-corrected chi connectivity index (χ0v) is 10.8. The van der Waals surface area contributed by atoms with Crippen LogP contribution in [-0.2, 0) is 13.6 Å². The van der Waals surface area contributed by atoms with Crippen LogP contribution in [0.5, 0.6) is 5.88 Å². The molecule has 7 nitrogen and oxygen atoms in total. The minimum absolute atomic E-state index is 0.167. The Morgan fingerprint density at radius 1 is 1.56 bits per heavy atom. The number of nitrogen functional groups attached to an aromatic ring is 1. The second-order valence-electron chi connectivity index (χ2n) is 3.58. The average Bonchev–Trinajstić information content (AvgIpc) is 2.71.